The van der Waals surface area contributed by atoms with E-state index in [-0.39, 0.29) is 18.0 Å². The summed E-state index contributed by atoms with van der Waals surface area (Å²) in [6, 6.07) is 10.3. The van der Waals surface area contributed by atoms with E-state index in [0.717, 1.165) is 19.4 Å². The van der Waals surface area contributed by atoms with E-state index in [1.165, 1.54) is 5.56 Å². The summed E-state index contributed by atoms with van der Waals surface area (Å²) in [5, 5.41) is 2.97. The number of H-pyrrole nitrogens is 1. The molecule has 6 nitrogen and oxygen atoms in total. The molecule has 0 aliphatic heterocycles. The molecule has 0 spiro atoms. The normalized spacial score (nSPS) is 10.7. The maximum Gasteiger partial charge on any atom is 0.277 e. The number of aromatic amines is 1. The van der Waals surface area contributed by atoms with E-state index in [4.69, 9.17) is 0 Å². The standard InChI is InChI=1S/C16H19N5O.ClH/c1-17-10-13-19-15-14(16(22)20-13)21(11-18-15)9-5-8-12-6-3-2-4-7-12;/h2-4,6-7,11,17H,5,8-10H2,1H3,(H,19,20,22);1H. The molecule has 0 saturated heterocycles. The molecule has 0 aliphatic rings. The summed E-state index contributed by atoms with van der Waals surface area (Å²) in [7, 11) is 1.81. The van der Waals surface area contributed by atoms with Crippen molar-refractivity contribution in [1.82, 2.24) is 24.8 Å². The van der Waals surface area contributed by atoms with Gasteiger partial charge in [0.1, 0.15) is 5.82 Å². The van der Waals surface area contributed by atoms with Crippen LogP contribution in [0.25, 0.3) is 11.2 Å². The van der Waals surface area contributed by atoms with Crippen molar-refractivity contribution < 1.29 is 0 Å². The van der Waals surface area contributed by atoms with Crippen molar-refractivity contribution in [2.45, 2.75) is 25.9 Å². The second-order valence-corrected chi connectivity index (χ2v) is 5.24. The molecule has 3 aromatic rings. The van der Waals surface area contributed by atoms with Gasteiger partial charge in [-0.15, -0.1) is 12.4 Å². The van der Waals surface area contributed by atoms with Crippen LogP contribution in [0, 0.1) is 0 Å². The van der Waals surface area contributed by atoms with Gasteiger partial charge in [-0.1, -0.05) is 30.3 Å². The Morgan fingerprint density at radius 1 is 1.26 bits per heavy atom. The molecule has 7 heteroatoms. The van der Waals surface area contributed by atoms with Gasteiger partial charge < -0.3 is 14.9 Å². The first kappa shape index (κ1) is 17.2. The molecule has 0 bridgehead atoms. The molecule has 23 heavy (non-hydrogen) atoms. The van der Waals surface area contributed by atoms with Crippen LogP contribution in [0.15, 0.2) is 41.5 Å². The largest absolute Gasteiger partial charge is 0.325 e. The molecule has 3 rings (SSSR count). The van der Waals surface area contributed by atoms with Crippen LogP contribution < -0.4 is 10.9 Å². The van der Waals surface area contributed by atoms with Crippen LogP contribution in [-0.2, 0) is 19.5 Å². The molecule has 2 heterocycles. The Morgan fingerprint density at radius 3 is 2.78 bits per heavy atom. The number of hydrogen-bond donors (Lipinski definition) is 2. The Bertz CT molecular complexity index is 812. The minimum atomic E-state index is -0.132. The van der Waals surface area contributed by atoms with Crippen molar-refractivity contribution in [2.75, 3.05) is 7.05 Å². The third-order valence-electron chi connectivity index (χ3n) is 3.58. The third-order valence-corrected chi connectivity index (χ3v) is 3.58. The molecule has 1 aromatic carbocycles. The van der Waals surface area contributed by atoms with E-state index in [1.807, 2.05) is 29.8 Å². The van der Waals surface area contributed by atoms with Crippen LogP contribution in [0.1, 0.15) is 17.8 Å². The van der Waals surface area contributed by atoms with E-state index in [2.05, 4.69) is 32.4 Å². The predicted molar refractivity (Wildman–Crippen MR) is 92.9 cm³/mol. The van der Waals surface area contributed by atoms with Crippen molar-refractivity contribution in [3.63, 3.8) is 0 Å². The fraction of sp³-hybridized carbons (Fsp3) is 0.312. The van der Waals surface area contributed by atoms with Crippen molar-refractivity contribution in [3.05, 3.63) is 58.4 Å². The number of benzene rings is 1. The molecule has 122 valence electrons. The zero-order valence-corrected chi connectivity index (χ0v) is 13.8. The van der Waals surface area contributed by atoms with Gasteiger partial charge in [-0.3, -0.25) is 4.79 Å². The molecule has 0 atom stereocenters. The lowest BCUT2D eigenvalue weighted by Gasteiger charge is -2.05. The number of nitrogens with one attached hydrogen (secondary N) is 2. The number of fused-ring (bicyclic) bond motifs is 1. The summed E-state index contributed by atoms with van der Waals surface area (Å²) in [6.07, 6.45) is 3.62. The van der Waals surface area contributed by atoms with Gasteiger partial charge in [0.15, 0.2) is 11.2 Å². The Kier molecular flexibility index (Phi) is 5.90. The molecule has 0 amide bonds. The zero-order valence-electron chi connectivity index (χ0n) is 13.0. The molecule has 0 aliphatic carbocycles. The molecule has 2 N–H and O–H groups in total. The van der Waals surface area contributed by atoms with Gasteiger partial charge in [0.2, 0.25) is 0 Å². The average molecular weight is 334 g/mol. The number of aromatic nitrogens is 4. The quantitative estimate of drug-likeness (QED) is 0.722. The molecular weight excluding hydrogens is 314 g/mol. The maximum atomic E-state index is 12.2. The van der Waals surface area contributed by atoms with Crippen LogP contribution in [-0.4, -0.2) is 26.6 Å². The highest BCUT2D eigenvalue weighted by Crippen LogP contribution is 2.08. The van der Waals surface area contributed by atoms with Gasteiger partial charge in [-0.05, 0) is 25.5 Å². The molecule has 0 fully saturated rings. The van der Waals surface area contributed by atoms with Gasteiger partial charge in [0, 0.05) is 6.54 Å². The Hall–Kier alpha value is -2.18. The highest BCUT2D eigenvalue weighted by molar-refractivity contribution is 5.85. The summed E-state index contributed by atoms with van der Waals surface area (Å²) in [4.78, 5) is 23.6. The number of halogens is 1. The van der Waals surface area contributed by atoms with E-state index >= 15 is 0 Å². The van der Waals surface area contributed by atoms with Crippen LogP contribution in [0.5, 0.6) is 0 Å². The Labute approximate surface area is 140 Å². The zero-order chi connectivity index (χ0) is 15.4. The second-order valence-electron chi connectivity index (χ2n) is 5.24. The predicted octanol–water partition coefficient (Wildman–Crippen LogP) is 1.89. The number of nitrogens with zero attached hydrogens (tertiary/aromatic N) is 3. The van der Waals surface area contributed by atoms with Gasteiger partial charge in [0.05, 0.1) is 12.9 Å². The van der Waals surface area contributed by atoms with E-state index in [9.17, 15) is 4.79 Å². The summed E-state index contributed by atoms with van der Waals surface area (Å²) >= 11 is 0. The first-order valence-corrected chi connectivity index (χ1v) is 7.40. The molecule has 0 radical (unpaired) electrons. The average Bonchev–Trinajstić information content (AvgIpc) is 2.92. The van der Waals surface area contributed by atoms with E-state index < -0.39 is 0 Å². The number of imidazole rings is 1. The van der Waals surface area contributed by atoms with Crippen LogP contribution >= 0.6 is 12.4 Å². The molecule has 0 unspecified atom stereocenters. The summed E-state index contributed by atoms with van der Waals surface area (Å²) in [5.74, 6) is 0.606. The second kappa shape index (κ2) is 7.89. The maximum absolute atomic E-state index is 12.2. The first-order valence-electron chi connectivity index (χ1n) is 7.40. The van der Waals surface area contributed by atoms with Crippen LogP contribution in [0.3, 0.4) is 0 Å². The smallest absolute Gasteiger partial charge is 0.277 e. The summed E-state index contributed by atoms with van der Waals surface area (Å²) < 4.78 is 1.88. The Morgan fingerprint density at radius 2 is 2.04 bits per heavy atom. The highest BCUT2D eigenvalue weighted by Gasteiger charge is 2.10. The minimum Gasteiger partial charge on any atom is -0.325 e. The monoisotopic (exact) mass is 333 g/mol. The van der Waals surface area contributed by atoms with E-state index in [1.54, 1.807) is 6.33 Å². The number of aryl methyl sites for hydroxylation is 2. The van der Waals surface area contributed by atoms with Crippen LogP contribution in [0.2, 0.25) is 0 Å². The van der Waals surface area contributed by atoms with Gasteiger partial charge in [0.25, 0.3) is 5.56 Å². The first-order chi connectivity index (χ1) is 10.8. The summed E-state index contributed by atoms with van der Waals surface area (Å²) in [6.45, 7) is 1.27. The van der Waals surface area contributed by atoms with Gasteiger partial charge in [-0.25, -0.2) is 9.97 Å². The minimum absolute atomic E-state index is 0. The van der Waals surface area contributed by atoms with Crippen molar-refractivity contribution in [3.8, 4) is 0 Å². The fourth-order valence-electron chi connectivity index (χ4n) is 2.55. The lowest BCUT2D eigenvalue weighted by atomic mass is 10.1. The van der Waals surface area contributed by atoms with Crippen molar-refractivity contribution in [2.24, 2.45) is 0 Å². The third kappa shape index (κ3) is 3.97. The van der Waals surface area contributed by atoms with Crippen LogP contribution in [0.4, 0.5) is 0 Å². The highest BCUT2D eigenvalue weighted by atomic mass is 35.5. The molecule has 2 aromatic heterocycles. The van der Waals surface area contributed by atoms with Gasteiger partial charge in [-0.2, -0.15) is 0 Å². The Balaban J connectivity index is 0.00000192. The molecule has 0 saturated carbocycles. The topological polar surface area (TPSA) is 75.6 Å². The van der Waals surface area contributed by atoms with E-state index in [0.29, 0.717) is 23.5 Å². The number of hydrogen-bond acceptors (Lipinski definition) is 4. The van der Waals surface area contributed by atoms with Gasteiger partial charge >= 0.3 is 0 Å². The SMILES string of the molecule is CNCc1nc2ncn(CCCc3ccccc3)c2c(=O)[nH]1.Cl. The van der Waals surface area contributed by atoms with Crippen molar-refractivity contribution in [1.29, 1.82) is 0 Å². The fourth-order valence-corrected chi connectivity index (χ4v) is 2.55. The summed E-state index contributed by atoms with van der Waals surface area (Å²) in [5.41, 5.74) is 2.23. The molecular formula is C16H20ClN5O. The van der Waals surface area contributed by atoms with Crippen molar-refractivity contribution >= 4 is 23.6 Å². The number of rotatable bonds is 6. The lowest BCUT2D eigenvalue weighted by Crippen LogP contribution is -2.18. The lowest BCUT2D eigenvalue weighted by molar-refractivity contribution is 0.654.